The summed E-state index contributed by atoms with van der Waals surface area (Å²) in [6.45, 7) is 8.33. The Morgan fingerprint density at radius 3 is 2.59 bits per heavy atom. The van der Waals surface area contributed by atoms with E-state index in [0.717, 1.165) is 43.2 Å². The molecule has 0 heterocycles. The molecule has 0 radical (unpaired) electrons. The van der Waals surface area contributed by atoms with E-state index in [0.29, 0.717) is 17.6 Å². The minimum absolute atomic E-state index is 0.233. The van der Waals surface area contributed by atoms with Gasteiger partial charge in [-0.25, -0.2) is 4.79 Å². The van der Waals surface area contributed by atoms with Gasteiger partial charge in [0, 0.05) is 19.3 Å². The molecule has 4 aliphatic carbocycles. The van der Waals surface area contributed by atoms with Crippen molar-refractivity contribution in [3.8, 4) is 0 Å². The molecule has 0 spiro atoms. The Kier molecular flexibility index (Phi) is 4.59. The third-order valence-corrected chi connectivity index (χ3v) is 8.78. The van der Waals surface area contributed by atoms with Crippen molar-refractivity contribution >= 4 is 17.5 Å². The van der Waals surface area contributed by atoms with E-state index in [1.165, 1.54) is 38.2 Å². The highest BCUT2D eigenvalue weighted by Crippen LogP contribution is 2.66. The lowest BCUT2D eigenvalue weighted by Gasteiger charge is -2.58. The minimum Gasteiger partial charge on any atom is -0.319 e. The van der Waals surface area contributed by atoms with E-state index < -0.39 is 0 Å². The Labute approximate surface area is 162 Å². The normalized spacial score (nSPS) is 44.1. The Bertz CT molecular complexity index is 723. The fourth-order valence-corrected chi connectivity index (χ4v) is 7.45. The average molecular weight is 372 g/mol. The van der Waals surface area contributed by atoms with Crippen LogP contribution in [0.15, 0.2) is 16.8 Å². The van der Waals surface area contributed by atoms with E-state index in [2.05, 4.69) is 19.0 Å². The molecule has 4 aliphatic rings. The molecule has 3 saturated carbocycles. The molecule has 1 unspecified atom stereocenters. The van der Waals surface area contributed by atoms with E-state index in [9.17, 15) is 9.59 Å². The highest BCUT2D eigenvalue weighted by atomic mass is 16.7. The van der Waals surface area contributed by atoms with Gasteiger partial charge in [-0.15, -0.1) is 0 Å². The number of fused-ring (bicyclic) bond motifs is 5. The lowest BCUT2D eigenvalue weighted by atomic mass is 9.46. The Morgan fingerprint density at radius 2 is 1.85 bits per heavy atom. The van der Waals surface area contributed by atoms with E-state index >= 15 is 0 Å². The van der Waals surface area contributed by atoms with Gasteiger partial charge in [-0.2, -0.15) is 0 Å². The Hall–Kier alpha value is -1.45. The molecule has 3 fully saturated rings. The first-order valence-corrected chi connectivity index (χ1v) is 10.7. The van der Waals surface area contributed by atoms with Crippen molar-refractivity contribution in [1.82, 2.24) is 0 Å². The molecular formula is C23H33NO3. The van der Waals surface area contributed by atoms with Gasteiger partial charge in [0.25, 0.3) is 0 Å². The molecule has 0 saturated heterocycles. The second kappa shape index (κ2) is 6.56. The maximum absolute atomic E-state index is 12.0. The zero-order valence-corrected chi connectivity index (χ0v) is 17.2. The molecule has 6 atom stereocenters. The van der Waals surface area contributed by atoms with Crippen LogP contribution in [-0.2, 0) is 14.4 Å². The van der Waals surface area contributed by atoms with Crippen molar-refractivity contribution in [3.63, 3.8) is 0 Å². The van der Waals surface area contributed by atoms with Gasteiger partial charge in [-0.1, -0.05) is 24.6 Å². The van der Waals surface area contributed by atoms with E-state index in [-0.39, 0.29) is 16.8 Å². The molecule has 0 bridgehead atoms. The molecule has 0 N–H and O–H groups in total. The Morgan fingerprint density at radius 1 is 1.07 bits per heavy atom. The fourth-order valence-electron chi connectivity index (χ4n) is 7.45. The van der Waals surface area contributed by atoms with Gasteiger partial charge >= 0.3 is 5.97 Å². The van der Waals surface area contributed by atoms with Gasteiger partial charge in [-0.3, -0.25) is 4.79 Å². The largest absolute Gasteiger partial charge is 0.331 e. The average Bonchev–Trinajstić information content (AvgIpc) is 2.97. The number of nitrogens with zero attached hydrogens (tertiary/aromatic N) is 1. The smallest absolute Gasteiger partial charge is 0.319 e. The number of hydrogen-bond donors (Lipinski definition) is 0. The summed E-state index contributed by atoms with van der Waals surface area (Å²) in [6, 6.07) is 0. The third kappa shape index (κ3) is 2.91. The van der Waals surface area contributed by atoms with E-state index in [1.807, 2.05) is 13.0 Å². The minimum atomic E-state index is -0.343. The molecule has 0 aromatic heterocycles. The number of allylic oxidation sites excluding steroid dienone is 1. The predicted octanol–water partition coefficient (Wildman–Crippen LogP) is 5.07. The van der Waals surface area contributed by atoms with Crippen LogP contribution in [0.3, 0.4) is 0 Å². The number of rotatable bonds is 2. The van der Waals surface area contributed by atoms with Gasteiger partial charge in [0.1, 0.15) is 0 Å². The van der Waals surface area contributed by atoms with Crippen molar-refractivity contribution in [1.29, 1.82) is 0 Å². The first-order chi connectivity index (χ1) is 12.8. The van der Waals surface area contributed by atoms with Crippen molar-refractivity contribution in [2.45, 2.75) is 79.1 Å². The zero-order chi connectivity index (χ0) is 19.4. The van der Waals surface area contributed by atoms with Crippen LogP contribution < -0.4 is 0 Å². The molecule has 27 heavy (non-hydrogen) atoms. The van der Waals surface area contributed by atoms with Gasteiger partial charge in [0.05, 0.1) is 5.71 Å². The molecule has 0 aromatic carbocycles. The SMILES string of the molecule is CC(=O)O/N=C(\C)[C@H]1CC[C@H]2C3CCC4=CC(=O)CC[C@]4(C)[C@H]3CC[C@]12C. The topological polar surface area (TPSA) is 55.7 Å². The molecule has 148 valence electrons. The maximum Gasteiger partial charge on any atom is 0.331 e. The summed E-state index contributed by atoms with van der Waals surface area (Å²) in [4.78, 5) is 28.1. The van der Waals surface area contributed by atoms with Crippen LogP contribution in [0.5, 0.6) is 0 Å². The lowest BCUT2D eigenvalue weighted by molar-refractivity contribution is -0.141. The van der Waals surface area contributed by atoms with Gasteiger partial charge in [-0.05, 0) is 86.5 Å². The number of oxime groups is 1. The Balaban J connectivity index is 1.59. The fraction of sp³-hybridized carbons (Fsp3) is 0.783. The van der Waals surface area contributed by atoms with Crippen molar-refractivity contribution in [2.24, 2.45) is 39.7 Å². The maximum atomic E-state index is 12.0. The molecule has 4 rings (SSSR count). The summed E-state index contributed by atoms with van der Waals surface area (Å²) < 4.78 is 0. The van der Waals surface area contributed by atoms with E-state index in [4.69, 9.17) is 4.84 Å². The molecule has 0 aliphatic heterocycles. The quantitative estimate of drug-likeness (QED) is 0.387. The van der Waals surface area contributed by atoms with Crippen LogP contribution in [0, 0.1) is 34.5 Å². The summed E-state index contributed by atoms with van der Waals surface area (Å²) in [7, 11) is 0. The third-order valence-electron chi connectivity index (χ3n) is 8.78. The highest BCUT2D eigenvalue weighted by molar-refractivity contribution is 5.91. The number of carbonyl (C=O) groups is 2. The van der Waals surface area contributed by atoms with Crippen molar-refractivity contribution < 1.29 is 14.4 Å². The van der Waals surface area contributed by atoms with Crippen LogP contribution in [0.4, 0.5) is 0 Å². The number of ketones is 1. The summed E-state index contributed by atoms with van der Waals surface area (Å²) in [5.41, 5.74) is 2.92. The molecule has 4 heteroatoms. The van der Waals surface area contributed by atoms with Gasteiger partial charge in [0.2, 0.25) is 0 Å². The van der Waals surface area contributed by atoms with E-state index in [1.54, 1.807) is 0 Å². The number of hydrogen-bond acceptors (Lipinski definition) is 4. The predicted molar refractivity (Wildman–Crippen MR) is 105 cm³/mol. The zero-order valence-electron chi connectivity index (χ0n) is 17.2. The van der Waals surface area contributed by atoms with Gasteiger partial charge < -0.3 is 4.84 Å². The first-order valence-electron chi connectivity index (χ1n) is 10.7. The van der Waals surface area contributed by atoms with Crippen molar-refractivity contribution in [3.05, 3.63) is 11.6 Å². The van der Waals surface area contributed by atoms with Crippen molar-refractivity contribution in [2.75, 3.05) is 0 Å². The standard InChI is InChI=1S/C23H33NO3/c1-14(24-27-15(2)25)19-7-8-20-18-6-5-16-13-17(26)9-11-22(16,3)21(18)10-12-23(19,20)4/h13,18-21H,5-12H2,1-4H3/b24-14+/t18?,19-,20+,21+,22+,23-/m1/s1. The second-order valence-electron chi connectivity index (χ2n) is 9.96. The summed E-state index contributed by atoms with van der Waals surface area (Å²) in [6.07, 6.45) is 10.9. The second-order valence-corrected chi connectivity index (χ2v) is 9.96. The highest BCUT2D eigenvalue weighted by Gasteiger charge is 2.59. The van der Waals surface area contributed by atoms with Crippen LogP contribution in [0.2, 0.25) is 0 Å². The van der Waals surface area contributed by atoms with Crippen LogP contribution >= 0.6 is 0 Å². The molecule has 0 amide bonds. The summed E-state index contributed by atoms with van der Waals surface area (Å²) >= 11 is 0. The number of carbonyl (C=O) groups excluding carboxylic acids is 2. The molecular weight excluding hydrogens is 338 g/mol. The monoisotopic (exact) mass is 371 g/mol. The van der Waals surface area contributed by atoms with Crippen LogP contribution in [0.25, 0.3) is 0 Å². The first kappa shape index (κ1) is 18.9. The van der Waals surface area contributed by atoms with Crippen LogP contribution in [0.1, 0.15) is 79.1 Å². The molecule has 0 aromatic rings. The van der Waals surface area contributed by atoms with Gasteiger partial charge in [0.15, 0.2) is 5.78 Å². The lowest BCUT2D eigenvalue weighted by Crippen LogP contribution is -2.51. The molecule has 4 nitrogen and oxygen atoms in total. The van der Waals surface area contributed by atoms with Crippen LogP contribution in [-0.4, -0.2) is 17.5 Å². The summed E-state index contributed by atoms with van der Waals surface area (Å²) in [5, 5.41) is 4.15. The summed E-state index contributed by atoms with van der Waals surface area (Å²) in [5.74, 6) is 2.60.